The van der Waals surface area contributed by atoms with Crippen LogP contribution in [0.4, 0.5) is 0 Å². The molecule has 0 radical (unpaired) electrons. The maximum atomic E-state index is 12.7. The second-order valence-corrected chi connectivity index (χ2v) is 6.05. The topological polar surface area (TPSA) is 46.6 Å². The van der Waals surface area contributed by atoms with Gasteiger partial charge in [-0.3, -0.25) is 9.59 Å². The van der Waals surface area contributed by atoms with Crippen molar-refractivity contribution in [3.8, 4) is 0 Å². The molecule has 110 valence electrons. The minimum absolute atomic E-state index is 0.0620. The molecule has 1 saturated carbocycles. The van der Waals surface area contributed by atoms with Gasteiger partial charge in [0.2, 0.25) is 5.91 Å². The van der Waals surface area contributed by atoms with Crippen molar-refractivity contribution in [1.82, 2.24) is 4.90 Å². The van der Waals surface area contributed by atoms with Crippen molar-refractivity contribution in [3.05, 3.63) is 0 Å². The third-order valence-corrected chi connectivity index (χ3v) is 3.83. The van der Waals surface area contributed by atoms with Gasteiger partial charge in [-0.25, -0.2) is 0 Å². The van der Waals surface area contributed by atoms with Crippen molar-refractivity contribution in [2.75, 3.05) is 20.2 Å². The van der Waals surface area contributed by atoms with Crippen LogP contribution in [-0.2, 0) is 14.3 Å². The van der Waals surface area contributed by atoms with Gasteiger partial charge in [0, 0.05) is 12.5 Å². The molecule has 0 spiro atoms. The molecule has 0 aromatic rings. The van der Waals surface area contributed by atoms with E-state index >= 15 is 0 Å². The molecule has 0 unspecified atom stereocenters. The van der Waals surface area contributed by atoms with E-state index in [4.69, 9.17) is 4.74 Å². The van der Waals surface area contributed by atoms with Crippen LogP contribution in [0.5, 0.6) is 0 Å². The van der Waals surface area contributed by atoms with Gasteiger partial charge in [0.15, 0.2) is 0 Å². The maximum absolute atomic E-state index is 12.7. The summed E-state index contributed by atoms with van der Waals surface area (Å²) in [5, 5.41) is 0. The van der Waals surface area contributed by atoms with E-state index in [1.54, 1.807) is 18.9 Å². The van der Waals surface area contributed by atoms with E-state index in [2.05, 4.69) is 13.8 Å². The molecule has 1 aliphatic carbocycles. The van der Waals surface area contributed by atoms with Crippen molar-refractivity contribution in [2.24, 2.45) is 11.3 Å². The molecule has 1 amide bonds. The van der Waals surface area contributed by atoms with E-state index in [9.17, 15) is 9.59 Å². The summed E-state index contributed by atoms with van der Waals surface area (Å²) in [6.07, 6.45) is 5.06. The van der Waals surface area contributed by atoms with Crippen LogP contribution >= 0.6 is 0 Å². The second-order valence-electron chi connectivity index (χ2n) is 6.05. The Hall–Kier alpha value is -1.06. The summed E-state index contributed by atoms with van der Waals surface area (Å²) >= 11 is 0. The Balaban J connectivity index is 2.68. The lowest BCUT2D eigenvalue weighted by molar-refractivity contribution is -0.152. The van der Waals surface area contributed by atoms with Crippen LogP contribution in [0.15, 0.2) is 0 Å². The first-order chi connectivity index (χ1) is 8.91. The number of carbonyl (C=O) groups is 2. The number of hydrogen-bond donors (Lipinski definition) is 0. The Morgan fingerprint density at radius 2 is 1.84 bits per heavy atom. The molecule has 19 heavy (non-hydrogen) atoms. The summed E-state index contributed by atoms with van der Waals surface area (Å²) in [6.45, 7) is 6.50. The zero-order chi connectivity index (χ0) is 14.5. The van der Waals surface area contributed by atoms with E-state index in [1.807, 2.05) is 0 Å². The van der Waals surface area contributed by atoms with Gasteiger partial charge in [0.25, 0.3) is 0 Å². The van der Waals surface area contributed by atoms with Crippen molar-refractivity contribution in [1.29, 1.82) is 0 Å². The Morgan fingerprint density at radius 3 is 2.32 bits per heavy atom. The fourth-order valence-electron chi connectivity index (χ4n) is 3.22. The third kappa shape index (κ3) is 4.22. The monoisotopic (exact) mass is 269 g/mol. The number of nitrogens with zero attached hydrogens (tertiary/aromatic N) is 1. The molecule has 0 aliphatic heterocycles. The molecule has 4 heteroatoms. The molecule has 4 nitrogen and oxygen atoms in total. The largest absolute Gasteiger partial charge is 0.465 e. The van der Waals surface area contributed by atoms with Gasteiger partial charge >= 0.3 is 5.97 Å². The third-order valence-electron chi connectivity index (χ3n) is 3.83. The van der Waals surface area contributed by atoms with Crippen LogP contribution in [0.3, 0.4) is 0 Å². The minimum atomic E-state index is -0.323. The van der Waals surface area contributed by atoms with Crippen molar-refractivity contribution < 1.29 is 14.3 Å². The Morgan fingerprint density at radius 1 is 1.26 bits per heavy atom. The van der Waals surface area contributed by atoms with Crippen LogP contribution in [0, 0.1) is 11.3 Å². The van der Waals surface area contributed by atoms with Gasteiger partial charge in [-0.2, -0.15) is 0 Å². The van der Waals surface area contributed by atoms with Crippen molar-refractivity contribution in [2.45, 2.75) is 52.9 Å². The Kier molecular flexibility index (Phi) is 5.83. The number of carbonyl (C=O) groups excluding carboxylic acids is 2. The van der Waals surface area contributed by atoms with Crippen LogP contribution in [-0.4, -0.2) is 37.0 Å². The number of ether oxygens (including phenoxy) is 1. The van der Waals surface area contributed by atoms with E-state index in [1.165, 1.54) is 0 Å². The molecule has 1 rings (SSSR count). The second kappa shape index (κ2) is 6.92. The zero-order valence-corrected chi connectivity index (χ0v) is 12.7. The van der Waals surface area contributed by atoms with E-state index in [0.29, 0.717) is 12.5 Å². The van der Waals surface area contributed by atoms with Gasteiger partial charge in [-0.15, -0.1) is 0 Å². The molecule has 0 heterocycles. The van der Waals surface area contributed by atoms with Crippen molar-refractivity contribution >= 4 is 11.9 Å². The molecule has 0 saturated heterocycles. The molecular formula is C15H27NO3. The highest BCUT2D eigenvalue weighted by atomic mass is 16.5. The first-order valence-electron chi connectivity index (χ1n) is 7.32. The summed E-state index contributed by atoms with van der Waals surface area (Å²) in [5.74, 6) is 0.292. The minimum Gasteiger partial charge on any atom is -0.465 e. The highest BCUT2D eigenvalue weighted by Crippen LogP contribution is 2.44. The van der Waals surface area contributed by atoms with E-state index in [0.717, 1.165) is 32.1 Å². The molecule has 0 bridgehead atoms. The summed E-state index contributed by atoms with van der Waals surface area (Å²) in [6, 6.07) is 0. The highest BCUT2D eigenvalue weighted by Gasteiger charge is 2.43. The average molecular weight is 269 g/mol. The first-order valence-corrected chi connectivity index (χ1v) is 7.32. The maximum Gasteiger partial charge on any atom is 0.325 e. The van der Waals surface area contributed by atoms with Crippen LogP contribution in [0.2, 0.25) is 0 Å². The van der Waals surface area contributed by atoms with Crippen LogP contribution in [0.1, 0.15) is 52.9 Å². The van der Waals surface area contributed by atoms with Crippen LogP contribution in [0.25, 0.3) is 0 Å². The number of likely N-dealkylation sites (N-methyl/N-ethyl adjacent to an activating group) is 1. The van der Waals surface area contributed by atoms with Gasteiger partial charge in [-0.05, 0) is 32.1 Å². The summed E-state index contributed by atoms with van der Waals surface area (Å²) in [7, 11) is 1.71. The lowest BCUT2D eigenvalue weighted by Gasteiger charge is -2.33. The van der Waals surface area contributed by atoms with Crippen molar-refractivity contribution in [3.63, 3.8) is 0 Å². The SMILES string of the molecule is CCOC(=O)CN(C)C(=O)C1(CC(C)C)CCCC1. The molecule has 1 fully saturated rings. The molecule has 0 aromatic heterocycles. The number of hydrogen-bond acceptors (Lipinski definition) is 3. The quantitative estimate of drug-likeness (QED) is 0.696. The molecule has 0 atom stereocenters. The Labute approximate surface area is 116 Å². The fourth-order valence-corrected chi connectivity index (χ4v) is 3.22. The predicted octanol–water partition coefficient (Wildman–Crippen LogP) is 2.61. The van der Waals surface area contributed by atoms with E-state index < -0.39 is 0 Å². The zero-order valence-electron chi connectivity index (χ0n) is 12.7. The number of rotatable bonds is 6. The molecule has 0 aromatic carbocycles. The van der Waals surface area contributed by atoms with Crippen LogP contribution < -0.4 is 0 Å². The van der Waals surface area contributed by atoms with Gasteiger partial charge in [-0.1, -0.05) is 26.7 Å². The highest BCUT2D eigenvalue weighted by molar-refractivity contribution is 5.86. The lowest BCUT2D eigenvalue weighted by atomic mass is 9.77. The first kappa shape index (κ1) is 16.0. The molecular weight excluding hydrogens is 242 g/mol. The normalized spacial score (nSPS) is 17.5. The number of esters is 1. The van der Waals surface area contributed by atoms with Gasteiger partial charge in [0.05, 0.1) is 6.61 Å². The summed E-state index contributed by atoms with van der Waals surface area (Å²) in [4.78, 5) is 25.7. The average Bonchev–Trinajstić information content (AvgIpc) is 2.76. The van der Waals surface area contributed by atoms with Gasteiger partial charge in [0.1, 0.15) is 6.54 Å². The summed E-state index contributed by atoms with van der Waals surface area (Å²) in [5.41, 5.74) is -0.241. The van der Waals surface area contributed by atoms with E-state index in [-0.39, 0.29) is 23.8 Å². The predicted molar refractivity (Wildman–Crippen MR) is 74.6 cm³/mol. The lowest BCUT2D eigenvalue weighted by Crippen LogP contribution is -2.43. The number of amides is 1. The standard InChI is InChI=1S/C15H27NO3/c1-5-19-13(17)11-16(4)14(18)15(10-12(2)3)8-6-7-9-15/h12H,5-11H2,1-4H3. The fraction of sp³-hybridized carbons (Fsp3) is 0.867. The van der Waals surface area contributed by atoms with Gasteiger partial charge < -0.3 is 9.64 Å². The Bertz CT molecular complexity index is 319. The molecule has 0 N–H and O–H groups in total. The molecule has 1 aliphatic rings. The smallest absolute Gasteiger partial charge is 0.325 e. The summed E-state index contributed by atoms with van der Waals surface area (Å²) < 4.78 is 4.91.